The van der Waals surface area contributed by atoms with E-state index in [1.165, 1.54) is 167 Å². The molecule has 0 aliphatic carbocycles. The summed E-state index contributed by atoms with van der Waals surface area (Å²) in [5.41, 5.74) is 0. The second-order valence-corrected chi connectivity index (χ2v) is 18.5. The molecule has 13 heteroatoms. The summed E-state index contributed by atoms with van der Waals surface area (Å²) in [4.78, 5) is 12.9. The van der Waals surface area contributed by atoms with Gasteiger partial charge >= 0.3 is 16.4 Å². The molecule has 1 aliphatic rings. The summed E-state index contributed by atoms with van der Waals surface area (Å²) in [6, 6.07) is 0. The maximum absolute atomic E-state index is 12.9. The predicted molar refractivity (Wildman–Crippen MR) is 239 cm³/mol. The zero-order valence-electron chi connectivity index (χ0n) is 38.3. The highest BCUT2D eigenvalue weighted by atomic mass is 32.3. The zero-order valence-corrected chi connectivity index (χ0v) is 39.1. The van der Waals surface area contributed by atoms with Gasteiger partial charge in [0.05, 0.1) is 19.8 Å². The van der Waals surface area contributed by atoms with Crippen molar-refractivity contribution in [3.8, 4) is 0 Å². The Morgan fingerprint density at radius 2 is 0.950 bits per heavy atom. The number of unbranched alkanes of at least 4 members (excludes halogenated alkanes) is 31. The number of carbonyl (C=O) groups excluding carboxylic acids is 1. The smallest absolute Gasteiger partial charge is 0.397 e. The van der Waals surface area contributed by atoms with Crippen LogP contribution < -0.4 is 0 Å². The Morgan fingerprint density at radius 3 is 1.33 bits per heavy atom. The van der Waals surface area contributed by atoms with Gasteiger partial charge in [-0.25, -0.2) is 4.18 Å². The standard InChI is InChI=1S/C47H92O12S/c1-3-5-7-9-11-13-15-17-19-20-21-23-25-27-29-31-33-35-37-55-39-41(40-56-47-45(51)46(59-60(52,53)54)44(50)42(38-48)58-47)57-43(49)36-34-32-30-28-26-24-22-18-16-14-12-10-8-6-4-2/h41-42,44-48,50-51H,3-40H2,1-2H3,(H,52,53,54). The minimum Gasteiger partial charge on any atom is -0.457 e. The Kier molecular flexibility index (Phi) is 37.8. The van der Waals surface area contributed by atoms with Gasteiger partial charge in [-0.1, -0.05) is 213 Å². The van der Waals surface area contributed by atoms with E-state index in [0.717, 1.165) is 38.5 Å². The molecule has 6 atom stereocenters. The maximum atomic E-state index is 12.9. The van der Waals surface area contributed by atoms with Gasteiger partial charge in [0.25, 0.3) is 0 Å². The van der Waals surface area contributed by atoms with Crippen LogP contribution in [-0.4, -0.2) is 97.5 Å². The largest absolute Gasteiger partial charge is 0.457 e. The van der Waals surface area contributed by atoms with E-state index in [1.807, 2.05) is 0 Å². The molecule has 0 bridgehead atoms. The Labute approximate surface area is 366 Å². The molecule has 0 amide bonds. The van der Waals surface area contributed by atoms with E-state index in [4.69, 9.17) is 18.9 Å². The highest BCUT2D eigenvalue weighted by Crippen LogP contribution is 2.26. The molecule has 6 unspecified atom stereocenters. The fourth-order valence-corrected chi connectivity index (χ4v) is 8.48. The lowest BCUT2D eigenvalue weighted by molar-refractivity contribution is -0.301. The molecule has 0 aromatic carbocycles. The van der Waals surface area contributed by atoms with Gasteiger partial charge in [-0.05, 0) is 12.8 Å². The van der Waals surface area contributed by atoms with Gasteiger partial charge in [-0.2, -0.15) is 8.42 Å². The van der Waals surface area contributed by atoms with Crippen molar-refractivity contribution in [1.82, 2.24) is 0 Å². The first-order chi connectivity index (χ1) is 29.1. The van der Waals surface area contributed by atoms with E-state index in [9.17, 15) is 33.1 Å². The van der Waals surface area contributed by atoms with Crippen molar-refractivity contribution in [2.45, 2.75) is 269 Å². The van der Waals surface area contributed by atoms with Crippen LogP contribution in [0.2, 0.25) is 0 Å². The monoisotopic (exact) mass is 881 g/mol. The maximum Gasteiger partial charge on any atom is 0.397 e. The first-order valence-electron chi connectivity index (χ1n) is 24.8. The fraction of sp³-hybridized carbons (Fsp3) is 0.979. The Hall–Kier alpha value is -0.900. The lowest BCUT2D eigenvalue weighted by Crippen LogP contribution is -2.60. The van der Waals surface area contributed by atoms with E-state index >= 15 is 0 Å². The van der Waals surface area contributed by atoms with Crippen molar-refractivity contribution in [3.63, 3.8) is 0 Å². The third kappa shape index (κ3) is 32.7. The van der Waals surface area contributed by atoms with E-state index in [2.05, 4.69) is 18.0 Å². The number of carbonyl (C=O) groups is 1. The summed E-state index contributed by atoms with van der Waals surface area (Å²) in [5, 5.41) is 30.7. The first kappa shape index (κ1) is 57.1. The number of hydrogen-bond donors (Lipinski definition) is 4. The van der Waals surface area contributed by atoms with Crippen LogP contribution in [0.25, 0.3) is 0 Å². The van der Waals surface area contributed by atoms with Gasteiger partial charge in [0.15, 0.2) is 6.29 Å². The highest BCUT2D eigenvalue weighted by molar-refractivity contribution is 7.80. The zero-order chi connectivity index (χ0) is 43.9. The summed E-state index contributed by atoms with van der Waals surface area (Å²) >= 11 is 0. The van der Waals surface area contributed by atoms with E-state index in [1.54, 1.807) is 0 Å². The van der Waals surface area contributed by atoms with Gasteiger partial charge in [0, 0.05) is 13.0 Å². The van der Waals surface area contributed by atoms with Gasteiger partial charge in [0.1, 0.15) is 30.5 Å². The number of hydrogen-bond acceptors (Lipinski definition) is 11. The van der Waals surface area contributed by atoms with Gasteiger partial charge < -0.3 is 34.3 Å². The quantitative estimate of drug-likeness (QED) is 0.0259. The Morgan fingerprint density at radius 1 is 0.567 bits per heavy atom. The molecule has 1 aliphatic heterocycles. The summed E-state index contributed by atoms with van der Waals surface area (Å²) in [5.74, 6) is -0.392. The SMILES string of the molecule is CCCCCCCCCCCCCCCCCCCCOCC(COC1OC(CO)C(O)C(OS(=O)(=O)O)C1O)OC(=O)CCCCCCCCCCCCCCCCC. The molecule has 1 saturated heterocycles. The van der Waals surface area contributed by atoms with Crippen LogP contribution in [0.4, 0.5) is 0 Å². The first-order valence-corrected chi connectivity index (χ1v) is 26.2. The lowest BCUT2D eigenvalue weighted by atomic mass is 9.99. The molecular weight excluding hydrogens is 789 g/mol. The van der Waals surface area contributed by atoms with Crippen molar-refractivity contribution in [3.05, 3.63) is 0 Å². The number of aliphatic hydroxyl groups is 3. The molecule has 358 valence electrons. The van der Waals surface area contributed by atoms with Crippen LogP contribution in [0.5, 0.6) is 0 Å². The third-order valence-corrected chi connectivity index (χ3v) is 12.2. The van der Waals surface area contributed by atoms with Crippen molar-refractivity contribution < 1.29 is 56.2 Å². The second kappa shape index (κ2) is 39.7. The molecule has 0 aromatic heterocycles. The molecule has 4 N–H and O–H groups in total. The van der Waals surface area contributed by atoms with Crippen molar-refractivity contribution >= 4 is 16.4 Å². The van der Waals surface area contributed by atoms with Crippen molar-refractivity contribution in [2.75, 3.05) is 26.4 Å². The molecule has 1 heterocycles. The normalized spacial score (nSPS) is 20.1. The fourth-order valence-electron chi connectivity index (χ4n) is 7.97. The molecule has 0 aromatic rings. The number of ether oxygens (including phenoxy) is 4. The van der Waals surface area contributed by atoms with E-state index in [-0.39, 0.29) is 19.6 Å². The second-order valence-electron chi connectivity index (χ2n) is 17.4. The van der Waals surface area contributed by atoms with Crippen LogP contribution in [0.15, 0.2) is 0 Å². The molecular formula is C47H92O12S. The summed E-state index contributed by atoms with van der Waals surface area (Å²) < 4.78 is 59.2. The van der Waals surface area contributed by atoms with Crippen LogP contribution in [0.3, 0.4) is 0 Å². The molecule has 1 rings (SSSR count). The molecule has 1 fully saturated rings. The minimum atomic E-state index is -5.06. The topological polar surface area (TPSA) is 178 Å². The summed E-state index contributed by atoms with van der Waals surface area (Å²) in [6.07, 6.45) is 32.7. The lowest BCUT2D eigenvalue weighted by Gasteiger charge is -2.41. The van der Waals surface area contributed by atoms with Crippen molar-refractivity contribution in [2.24, 2.45) is 0 Å². The third-order valence-electron chi connectivity index (χ3n) is 11.7. The Bertz CT molecular complexity index is 1060. The predicted octanol–water partition coefficient (Wildman–Crippen LogP) is 10.9. The van der Waals surface area contributed by atoms with Gasteiger partial charge in [-0.15, -0.1) is 0 Å². The van der Waals surface area contributed by atoms with Gasteiger partial charge in [0.2, 0.25) is 0 Å². The van der Waals surface area contributed by atoms with Crippen LogP contribution >= 0.6 is 0 Å². The summed E-state index contributed by atoms with van der Waals surface area (Å²) in [6.45, 7) is 4.05. The number of esters is 1. The number of rotatable bonds is 44. The van der Waals surface area contributed by atoms with E-state index < -0.39 is 59.8 Å². The average molecular weight is 881 g/mol. The van der Waals surface area contributed by atoms with Crippen LogP contribution in [0.1, 0.15) is 232 Å². The Balaban J connectivity index is 2.36. The molecule has 12 nitrogen and oxygen atoms in total. The number of aliphatic hydroxyl groups excluding tert-OH is 3. The molecule has 0 saturated carbocycles. The van der Waals surface area contributed by atoms with Crippen LogP contribution in [0, 0.1) is 0 Å². The van der Waals surface area contributed by atoms with Crippen molar-refractivity contribution in [1.29, 1.82) is 0 Å². The highest BCUT2D eigenvalue weighted by Gasteiger charge is 2.48. The molecule has 0 radical (unpaired) electrons. The molecule has 60 heavy (non-hydrogen) atoms. The van der Waals surface area contributed by atoms with Gasteiger partial charge in [-0.3, -0.25) is 9.35 Å². The van der Waals surface area contributed by atoms with Crippen LogP contribution in [-0.2, 0) is 38.3 Å². The summed E-state index contributed by atoms with van der Waals surface area (Å²) in [7, 11) is -5.06. The average Bonchev–Trinajstić information content (AvgIpc) is 3.22. The molecule has 0 spiro atoms. The van der Waals surface area contributed by atoms with E-state index in [0.29, 0.717) is 13.0 Å². The minimum absolute atomic E-state index is 0.0450.